The van der Waals surface area contributed by atoms with Gasteiger partial charge in [-0.1, -0.05) is 18.2 Å². The van der Waals surface area contributed by atoms with Gasteiger partial charge in [0.2, 0.25) is 5.90 Å². The Hall–Kier alpha value is -3.94. The van der Waals surface area contributed by atoms with E-state index >= 15 is 0 Å². The van der Waals surface area contributed by atoms with E-state index in [-0.39, 0.29) is 23.1 Å². The maximum absolute atomic E-state index is 12.2. The summed E-state index contributed by atoms with van der Waals surface area (Å²) in [6, 6.07) is 11.5. The summed E-state index contributed by atoms with van der Waals surface area (Å²) >= 11 is 0. The lowest BCUT2D eigenvalue weighted by Gasteiger charge is -2.09. The van der Waals surface area contributed by atoms with Crippen molar-refractivity contribution < 1.29 is 33.3 Å². The molecule has 0 bridgehead atoms. The fraction of sp³-hybridized carbons (Fsp3) is 0.143. The number of methoxy groups -OCH3 is 1. The van der Waals surface area contributed by atoms with Gasteiger partial charge < -0.3 is 18.9 Å². The number of carbonyl (C=O) groups is 3. The van der Waals surface area contributed by atoms with E-state index in [1.165, 1.54) is 39.2 Å². The van der Waals surface area contributed by atoms with Crippen molar-refractivity contribution >= 4 is 29.9 Å². The van der Waals surface area contributed by atoms with Crippen LogP contribution in [0.3, 0.4) is 0 Å². The summed E-state index contributed by atoms with van der Waals surface area (Å²) in [5, 5.41) is 0. The van der Waals surface area contributed by atoms with Crippen LogP contribution in [-0.4, -0.2) is 30.9 Å². The van der Waals surface area contributed by atoms with Crippen LogP contribution in [0.15, 0.2) is 53.2 Å². The zero-order chi connectivity index (χ0) is 21.0. The van der Waals surface area contributed by atoms with Crippen molar-refractivity contribution in [2.24, 2.45) is 4.99 Å². The topological polar surface area (TPSA) is 100 Å². The molecule has 0 unspecified atom stereocenters. The van der Waals surface area contributed by atoms with E-state index in [2.05, 4.69) is 4.99 Å². The molecule has 3 rings (SSSR count). The predicted molar refractivity (Wildman–Crippen MR) is 103 cm³/mol. The highest BCUT2D eigenvalue weighted by molar-refractivity contribution is 6.13. The van der Waals surface area contributed by atoms with Gasteiger partial charge in [0.15, 0.2) is 17.2 Å². The van der Waals surface area contributed by atoms with E-state index in [0.717, 1.165) is 0 Å². The van der Waals surface area contributed by atoms with Gasteiger partial charge in [0.1, 0.15) is 5.75 Å². The summed E-state index contributed by atoms with van der Waals surface area (Å²) in [6.07, 6.45) is 1.47. The molecule has 148 valence electrons. The molecule has 0 aromatic heterocycles. The lowest BCUT2D eigenvalue weighted by molar-refractivity contribution is -0.134. The Balaban J connectivity index is 1.96. The van der Waals surface area contributed by atoms with E-state index in [0.29, 0.717) is 16.9 Å². The fourth-order valence-corrected chi connectivity index (χ4v) is 2.59. The molecule has 0 spiro atoms. The Kier molecular flexibility index (Phi) is 5.73. The van der Waals surface area contributed by atoms with Crippen molar-refractivity contribution in [3.63, 3.8) is 0 Å². The van der Waals surface area contributed by atoms with Crippen molar-refractivity contribution in [1.82, 2.24) is 0 Å². The highest BCUT2D eigenvalue weighted by Crippen LogP contribution is 2.31. The van der Waals surface area contributed by atoms with Crippen molar-refractivity contribution in [2.75, 3.05) is 7.11 Å². The number of cyclic esters (lactones) is 1. The van der Waals surface area contributed by atoms with E-state index < -0.39 is 17.9 Å². The number of hydrogen-bond donors (Lipinski definition) is 0. The van der Waals surface area contributed by atoms with Crippen molar-refractivity contribution in [1.29, 1.82) is 0 Å². The van der Waals surface area contributed by atoms with Crippen LogP contribution < -0.4 is 14.2 Å². The first-order chi connectivity index (χ1) is 13.9. The summed E-state index contributed by atoms with van der Waals surface area (Å²) in [5.41, 5.74) is 1.09. The zero-order valence-electron chi connectivity index (χ0n) is 15.9. The number of hydrogen-bond acceptors (Lipinski definition) is 8. The molecule has 0 fully saturated rings. The molecule has 1 heterocycles. The molecular formula is C21H17NO7. The molecule has 0 aliphatic carbocycles. The molecule has 0 radical (unpaired) electrons. The highest BCUT2D eigenvalue weighted by Gasteiger charge is 2.26. The Bertz CT molecular complexity index is 1050. The maximum atomic E-state index is 12.2. The minimum Gasteiger partial charge on any atom is -0.496 e. The number of ether oxygens (including phenoxy) is 4. The van der Waals surface area contributed by atoms with Crippen molar-refractivity contribution in [2.45, 2.75) is 13.8 Å². The van der Waals surface area contributed by atoms with Gasteiger partial charge in [0, 0.05) is 13.8 Å². The molecule has 29 heavy (non-hydrogen) atoms. The number of nitrogens with zero attached hydrogens (tertiary/aromatic N) is 1. The molecule has 0 atom stereocenters. The van der Waals surface area contributed by atoms with E-state index in [4.69, 9.17) is 18.9 Å². The Morgan fingerprint density at radius 2 is 1.66 bits per heavy atom. The third-order valence-electron chi connectivity index (χ3n) is 3.74. The van der Waals surface area contributed by atoms with Gasteiger partial charge in [-0.05, 0) is 35.9 Å². The van der Waals surface area contributed by atoms with Crippen LogP contribution in [0.1, 0.15) is 25.0 Å². The smallest absolute Gasteiger partial charge is 0.363 e. The quantitative estimate of drug-likeness (QED) is 0.436. The first kappa shape index (κ1) is 19.8. The minimum absolute atomic E-state index is 0.0438. The summed E-state index contributed by atoms with van der Waals surface area (Å²) in [7, 11) is 1.51. The second kappa shape index (κ2) is 8.39. The Morgan fingerprint density at radius 3 is 2.34 bits per heavy atom. The molecule has 0 saturated carbocycles. The average Bonchev–Trinajstić information content (AvgIpc) is 3.03. The molecule has 1 aliphatic heterocycles. The molecule has 0 N–H and O–H groups in total. The van der Waals surface area contributed by atoms with Gasteiger partial charge in [-0.25, -0.2) is 9.79 Å². The van der Waals surface area contributed by atoms with Crippen LogP contribution in [0.4, 0.5) is 0 Å². The number of rotatable bonds is 5. The van der Waals surface area contributed by atoms with Crippen LogP contribution in [0, 0.1) is 0 Å². The molecule has 0 amide bonds. The predicted octanol–water partition coefficient (Wildman–Crippen LogP) is 2.89. The Morgan fingerprint density at radius 1 is 0.966 bits per heavy atom. The van der Waals surface area contributed by atoms with Crippen LogP contribution >= 0.6 is 0 Å². The first-order valence-electron chi connectivity index (χ1n) is 8.54. The number of benzene rings is 2. The maximum Gasteiger partial charge on any atom is 0.363 e. The molecular weight excluding hydrogens is 378 g/mol. The van der Waals surface area contributed by atoms with E-state index in [9.17, 15) is 14.4 Å². The number of para-hydroxylation sites is 1. The normalized spacial score (nSPS) is 14.2. The third-order valence-corrected chi connectivity index (χ3v) is 3.74. The van der Waals surface area contributed by atoms with Gasteiger partial charge in [-0.3, -0.25) is 9.59 Å². The molecule has 8 nitrogen and oxygen atoms in total. The number of esters is 3. The van der Waals surface area contributed by atoms with Crippen LogP contribution in [0.25, 0.3) is 6.08 Å². The minimum atomic E-state index is -0.635. The monoisotopic (exact) mass is 395 g/mol. The van der Waals surface area contributed by atoms with Crippen molar-refractivity contribution in [3.05, 3.63) is 59.3 Å². The SMILES string of the molecule is COc1ccccc1C1=N/C(=C\c2ccc(OC(C)=O)c(OC(C)=O)c2)C(=O)O1. The van der Waals surface area contributed by atoms with Gasteiger partial charge in [-0.15, -0.1) is 0 Å². The van der Waals surface area contributed by atoms with Crippen LogP contribution in [0.5, 0.6) is 17.2 Å². The second-order valence-corrected chi connectivity index (χ2v) is 5.93. The van der Waals surface area contributed by atoms with Gasteiger partial charge in [0.25, 0.3) is 0 Å². The molecule has 0 saturated heterocycles. The largest absolute Gasteiger partial charge is 0.496 e. The molecule has 2 aromatic rings. The van der Waals surface area contributed by atoms with Gasteiger partial charge >= 0.3 is 17.9 Å². The second-order valence-electron chi connectivity index (χ2n) is 5.93. The molecule has 2 aromatic carbocycles. The fourth-order valence-electron chi connectivity index (χ4n) is 2.59. The summed E-state index contributed by atoms with van der Waals surface area (Å²) in [4.78, 5) is 39.0. The van der Waals surface area contributed by atoms with E-state index in [1.807, 2.05) is 0 Å². The van der Waals surface area contributed by atoms with Gasteiger partial charge in [-0.2, -0.15) is 0 Å². The third kappa shape index (κ3) is 4.67. The summed E-state index contributed by atoms with van der Waals surface area (Å²) in [5.74, 6) is -1.01. The zero-order valence-corrected chi connectivity index (χ0v) is 15.9. The van der Waals surface area contributed by atoms with E-state index in [1.54, 1.807) is 30.3 Å². The number of aliphatic imine (C=N–C) groups is 1. The Labute approximate surface area is 166 Å². The average molecular weight is 395 g/mol. The molecule has 1 aliphatic rings. The van der Waals surface area contributed by atoms with Crippen LogP contribution in [-0.2, 0) is 19.1 Å². The van der Waals surface area contributed by atoms with Crippen molar-refractivity contribution in [3.8, 4) is 17.2 Å². The summed E-state index contributed by atoms with van der Waals surface area (Å²) < 4.78 is 20.6. The number of carbonyl (C=O) groups excluding carboxylic acids is 3. The standard InChI is InChI=1S/C21H17NO7/c1-12(23)27-18-9-8-14(11-19(18)28-13(2)24)10-16-21(25)29-20(22-16)15-6-4-5-7-17(15)26-3/h4-11H,1-3H3/b16-10-. The highest BCUT2D eigenvalue weighted by atomic mass is 16.6. The molecule has 8 heteroatoms. The van der Waals surface area contributed by atoms with Crippen LogP contribution in [0.2, 0.25) is 0 Å². The first-order valence-corrected chi connectivity index (χ1v) is 8.54. The lowest BCUT2D eigenvalue weighted by Crippen LogP contribution is -2.07. The summed E-state index contributed by atoms with van der Waals surface area (Å²) in [6.45, 7) is 2.46. The lowest BCUT2D eigenvalue weighted by atomic mass is 10.1. The van der Waals surface area contributed by atoms with Gasteiger partial charge in [0.05, 0.1) is 12.7 Å².